The van der Waals surface area contributed by atoms with Crippen molar-refractivity contribution in [1.29, 1.82) is 0 Å². The van der Waals surface area contributed by atoms with Gasteiger partial charge < -0.3 is 9.64 Å². The molecule has 1 unspecified atom stereocenters. The Labute approximate surface area is 135 Å². The molecule has 0 radical (unpaired) electrons. The summed E-state index contributed by atoms with van der Waals surface area (Å²) >= 11 is 0. The molecule has 1 spiro atoms. The van der Waals surface area contributed by atoms with Crippen LogP contribution in [0.4, 0.5) is 0 Å². The summed E-state index contributed by atoms with van der Waals surface area (Å²) in [4.78, 5) is 15.0. The number of benzene rings is 1. The van der Waals surface area contributed by atoms with Gasteiger partial charge in [-0.05, 0) is 44.4 Å². The van der Waals surface area contributed by atoms with Crippen molar-refractivity contribution in [2.75, 3.05) is 13.1 Å². The molecule has 2 aliphatic rings. The largest absolute Gasteiger partial charge is 0.368 e. The summed E-state index contributed by atoms with van der Waals surface area (Å²) in [5.41, 5.74) is 1.41. The van der Waals surface area contributed by atoms with Crippen LogP contribution in [-0.2, 0) is 4.74 Å². The van der Waals surface area contributed by atoms with Crippen molar-refractivity contribution in [3.05, 3.63) is 48.3 Å². The molecule has 2 aromatic rings. The van der Waals surface area contributed by atoms with Crippen LogP contribution < -0.4 is 0 Å². The normalized spacial score (nSPS) is 22.8. The molecule has 120 valence electrons. The Morgan fingerprint density at radius 1 is 1.26 bits per heavy atom. The van der Waals surface area contributed by atoms with Crippen molar-refractivity contribution in [1.82, 2.24) is 14.7 Å². The first-order chi connectivity index (χ1) is 11.2. The number of hydrogen-bond donors (Lipinski definition) is 0. The molecule has 1 saturated carbocycles. The van der Waals surface area contributed by atoms with E-state index in [1.54, 1.807) is 16.9 Å². The molecule has 1 aliphatic heterocycles. The number of morpholine rings is 1. The maximum Gasteiger partial charge on any atom is 0.272 e. The smallest absolute Gasteiger partial charge is 0.272 e. The molecule has 23 heavy (non-hydrogen) atoms. The number of aromatic nitrogens is 2. The van der Waals surface area contributed by atoms with E-state index in [4.69, 9.17) is 4.74 Å². The fraction of sp³-hybridized carbons (Fsp3) is 0.444. The topological polar surface area (TPSA) is 47.4 Å². The average Bonchev–Trinajstić information content (AvgIpc) is 3.02. The van der Waals surface area contributed by atoms with Gasteiger partial charge in [-0.25, -0.2) is 4.68 Å². The number of carbonyl (C=O) groups excluding carboxylic acids is 1. The van der Waals surface area contributed by atoms with E-state index >= 15 is 0 Å². The summed E-state index contributed by atoms with van der Waals surface area (Å²) in [6.07, 6.45) is 5.07. The first-order valence-corrected chi connectivity index (χ1v) is 8.23. The molecule has 0 N–H and O–H groups in total. The third-order valence-electron chi connectivity index (χ3n) is 4.82. The van der Waals surface area contributed by atoms with E-state index in [1.165, 1.54) is 6.42 Å². The van der Waals surface area contributed by atoms with Gasteiger partial charge in [0.05, 0.1) is 30.1 Å². The van der Waals surface area contributed by atoms with Crippen LogP contribution in [0.2, 0.25) is 0 Å². The summed E-state index contributed by atoms with van der Waals surface area (Å²) in [6.45, 7) is 3.38. The molecule has 1 aromatic carbocycles. The number of rotatable bonds is 2. The van der Waals surface area contributed by atoms with Crippen LogP contribution >= 0.6 is 0 Å². The summed E-state index contributed by atoms with van der Waals surface area (Å²) in [7, 11) is 0. The molecule has 5 nitrogen and oxygen atoms in total. The minimum atomic E-state index is -0.106. The summed E-state index contributed by atoms with van der Waals surface area (Å²) in [5, 5.41) is 4.33. The molecular formula is C18H21N3O2. The van der Waals surface area contributed by atoms with Gasteiger partial charge in [0, 0.05) is 6.54 Å². The highest BCUT2D eigenvalue weighted by atomic mass is 16.5. The van der Waals surface area contributed by atoms with Gasteiger partial charge in [-0.3, -0.25) is 4.79 Å². The average molecular weight is 311 g/mol. The van der Waals surface area contributed by atoms with Crippen molar-refractivity contribution in [3.63, 3.8) is 0 Å². The zero-order valence-corrected chi connectivity index (χ0v) is 13.3. The Kier molecular flexibility index (Phi) is 3.45. The SMILES string of the molecule is CC1CN(C(=O)c2ccnn2-c2ccccc2)CC2(CCC2)O1. The second-order valence-corrected chi connectivity index (χ2v) is 6.61. The zero-order valence-electron chi connectivity index (χ0n) is 13.3. The van der Waals surface area contributed by atoms with E-state index in [9.17, 15) is 4.79 Å². The molecule has 4 rings (SSSR count). The Balaban J connectivity index is 1.61. The van der Waals surface area contributed by atoms with Crippen LogP contribution in [0.3, 0.4) is 0 Å². The predicted molar refractivity (Wildman–Crippen MR) is 86.6 cm³/mol. The van der Waals surface area contributed by atoms with Crippen molar-refractivity contribution in [2.24, 2.45) is 0 Å². The molecule has 5 heteroatoms. The van der Waals surface area contributed by atoms with E-state index in [0.29, 0.717) is 18.8 Å². The monoisotopic (exact) mass is 311 g/mol. The number of nitrogens with zero attached hydrogens (tertiary/aromatic N) is 3. The highest BCUT2D eigenvalue weighted by molar-refractivity contribution is 5.93. The molecule has 0 bridgehead atoms. The van der Waals surface area contributed by atoms with Crippen LogP contribution in [0.1, 0.15) is 36.7 Å². The van der Waals surface area contributed by atoms with Crippen LogP contribution in [0.15, 0.2) is 42.6 Å². The van der Waals surface area contributed by atoms with Gasteiger partial charge >= 0.3 is 0 Å². The second-order valence-electron chi connectivity index (χ2n) is 6.61. The van der Waals surface area contributed by atoms with Gasteiger partial charge in [-0.15, -0.1) is 0 Å². The van der Waals surface area contributed by atoms with Gasteiger partial charge in [0.1, 0.15) is 5.69 Å². The highest BCUT2D eigenvalue weighted by Gasteiger charge is 2.45. The second kappa shape index (κ2) is 5.49. The van der Waals surface area contributed by atoms with Crippen molar-refractivity contribution >= 4 is 5.91 Å². The van der Waals surface area contributed by atoms with Gasteiger partial charge in [0.25, 0.3) is 5.91 Å². The van der Waals surface area contributed by atoms with Crippen LogP contribution in [-0.4, -0.2) is 45.4 Å². The van der Waals surface area contributed by atoms with E-state index in [-0.39, 0.29) is 17.6 Å². The number of carbonyl (C=O) groups is 1. The van der Waals surface area contributed by atoms with Crippen LogP contribution in [0.5, 0.6) is 0 Å². The lowest BCUT2D eigenvalue weighted by atomic mass is 9.78. The van der Waals surface area contributed by atoms with E-state index in [0.717, 1.165) is 18.5 Å². The molecule has 1 amide bonds. The lowest BCUT2D eigenvalue weighted by Gasteiger charge is -2.50. The first-order valence-electron chi connectivity index (χ1n) is 8.23. The number of amides is 1. The molecule has 1 saturated heterocycles. The molecule has 2 heterocycles. The molecule has 1 atom stereocenters. The Bertz CT molecular complexity index is 706. The maximum atomic E-state index is 13.0. The minimum absolute atomic E-state index is 0.0350. The van der Waals surface area contributed by atoms with E-state index in [2.05, 4.69) is 5.10 Å². The Hall–Kier alpha value is -2.14. The van der Waals surface area contributed by atoms with Gasteiger partial charge in [-0.1, -0.05) is 18.2 Å². The Morgan fingerprint density at radius 3 is 2.74 bits per heavy atom. The summed E-state index contributed by atoms with van der Waals surface area (Å²) in [6, 6.07) is 11.6. The Morgan fingerprint density at radius 2 is 2.04 bits per heavy atom. The maximum absolute atomic E-state index is 13.0. The minimum Gasteiger partial charge on any atom is -0.368 e. The van der Waals surface area contributed by atoms with Crippen molar-refractivity contribution < 1.29 is 9.53 Å². The molecule has 2 fully saturated rings. The third-order valence-corrected chi connectivity index (χ3v) is 4.82. The third kappa shape index (κ3) is 2.55. The number of hydrogen-bond acceptors (Lipinski definition) is 3. The van der Waals surface area contributed by atoms with Crippen molar-refractivity contribution in [2.45, 2.75) is 37.9 Å². The van der Waals surface area contributed by atoms with E-state index < -0.39 is 0 Å². The standard InChI is InChI=1S/C18H21N3O2/c1-14-12-20(13-18(23-14)9-5-10-18)17(22)16-8-11-19-21(16)15-6-3-2-4-7-15/h2-4,6-8,11,14H,5,9-10,12-13H2,1H3. The molecule has 1 aliphatic carbocycles. The number of para-hydroxylation sites is 1. The first kappa shape index (κ1) is 14.5. The molecular weight excluding hydrogens is 290 g/mol. The number of ether oxygens (including phenoxy) is 1. The van der Waals surface area contributed by atoms with Crippen molar-refractivity contribution in [3.8, 4) is 5.69 Å². The molecule has 1 aromatic heterocycles. The quantitative estimate of drug-likeness (QED) is 0.856. The fourth-order valence-corrected chi connectivity index (χ4v) is 3.63. The summed E-state index contributed by atoms with van der Waals surface area (Å²) < 4.78 is 7.82. The van der Waals surface area contributed by atoms with Crippen LogP contribution in [0.25, 0.3) is 5.69 Å². The van der Waals surface area contributed by atoms with E-state index in [1.807, 2.05) is 42.2 Å². The van der Waals surface area contributed by atoms with Gasteiger partial charge in [0.15, 0.2) is 0 Å². The van der Waals surface area contributed by atoms with Gasteiger partial charge in [-0.2, -0.15) is 5.10 Å². The lowest BCUT2D eigenvalue weighted by Crippen LogP contribution is -2.59. The highest BCUT2D eigenvalue weighted by Crippen LogP contribution is 2.40. The predicted octanol–water partition coefficient (Wildman–Crippen LogP) is 2.66. The lowest BCUT2D eigenvalue weighted by molar-refractivity contribution is -0.176. The van der Waals surface area contributed by atoms with Gasteiger partial charge in [0.2, 0.25) is 0 Å². The van der Waals surface area contributed by atoms with Crippen LogP contribution in [0, 0.1) is 0 Å². The summed E-state index contributed by atoms with van der Waals surface area (Å²) in [5.74, 6) is 0.0350. The zero-order chi connectivity index (χ0) is 15.9. The fourth-order valence-electron chi connectivity index (χ4n) is 3.63.